The smallest absolute Gasteiger partial charge is 0.272 e. The van der Waals surface area contributed by atoms with Crippen LogP contribution in [0.5, 0.6) is 0 Å². The number of benzene rings is 1. The van der Waals surface area contributed by atoms with Crippen molar-refractivity contribution >= 4 is 5.91 Å². The van der Waals surface area contributed by atoms with E-state index in [0.717, 1.165) is 88.8 Å². The fourth-order valence-electron chi connectivity index (χ4n) is 5.06. The largest absolute Gasteiger partial charge is 0.393 e. The van der Waals surface area contributed by atoms with E-state index in [0.29, 0.717) is 11.7 Å². The SMILES string of the molecule is Cc1c(CCCCc2ccccc2)ncnc1C(=O)N1CCC(N2CCC(O)CC2)CC1. The highest BCUT2D eigenvalue weighted by Crippen LogP contribution is 2.23. The zero-order chi connectivity index (χ0) is 22.3. The van der Waals surface area contributed by atoms with Crippen LogP contribution < -0.4 is 0 Å². The Labute approximate surface area is 191 Å². The first-order valence-corrected chi connectivity index (χ1v) is 12.2. The highest BCUT2D eigenvalue weighted by molar-refractivity contribution is 5.93. The lowest BCUT2D eigenvalue weighted by molar-refractivity contribution is 0.0355. The molecule has 0 radical (unpaired) electrons. The molecule has 1 amide bonds. The quantitative estimate of drug-likeness (QED) is 0.674. The van der Waals surface area contributed by atoms with Crippen molar-refractivity contribution in [2.45, 2.75) is 70.4 Å². The van der Waals surface area contributed by atoms with Gasteiger partial charge >= 0.3 is 0 Å². The molecule has 32 heavy (non-hydrogen) atoms. The summed E-state index contributed by atoms with van der Waals surface area (Å²) in [4.78, 5) is 26.5. The summed E-state index contributed by atoms with van der Waals surface area (Å²) in [5, 5.41) is 9.74. The van der Waals surface area contributed by atoms with Gasteiger partial charge in [0.1, 0.15) is 12.0 Å². The Bertz CT molecular complexity index is 873. The fourth-order valence-corrected chi connectivity index (χ4v) is 5.06. The van der Waals surface area contributed by atoms with E-state index in [9.17, 15) is 9.90 Å². The van der Waals surface area contributed by atoms with E-state index in [1.165, 1.54) is 5.56 Å². The van der Waals surface area contributed by atoms with Crippen molar-refractivity contribution in [1.29, 1.82) is 0 Å². The standard InChI is InChI=1S/C26H36N4O2/c1-20-24(10-6-5-9-21-7-3-2-4-8-21)27-19-28-25(20)26(32)30-15-11-22(12-16-30)29-17-13-23(31)14-18-29/h2-4,7-8,19,22-23,31H,5-6,9-18H2,1H3. The third-order valence-electron chi connectivity index (χ3n) is 7.13. The summed E-state index contributed by atoms with van der Waals surface area (Å²) in [7, 11) is 0. The highest BCUT2D eigenvalue weighted by Gasteiger charge is 2.30. The molecule has 0 atom stereocenters. The van der Waals surface area contributed by atoms with Gasteiger partial charge in [-0.2, -0.15) is 0 Å². The average Bonchev–Trinajstić information content (AvgIpc) is 2.84. The Balaban J connectivity index is 1.28. The summed E-state index contributed by atoms with van der Waals surface area (Å²) in [5.74, 6) is 0.0444. The average molecular weight is 437 g/mol. The molecule has 0 saturated carbocycles. The first-order chi connectivity index (χ1) is 15.6. The molecule has 0 bridgehead atoms. The zero-order valence-corrected chi connectivity index (χ0v) is 19.2. The molecule has 0 unspecified atom stereocenters. The van der Waals surface area contributed by atoms with Crippen LogP contribution in [0.15, 0.2) is 36.7 Å². The van der Waals surface area contributed by atoms with Crippen LogP contribution in [0.4, 0.5) is 0 Å². The number of aryl methyl sites for hydroxylation is 2. The first kappa shape index (κ1) is 22.9. The van der Waals surface area contributed by atoms with Crippen molar-refractivity contribution in [2.75, 3.05) is 26.2 Å². The topological polar surface area (TPSA) is 69.6 Å². The van der Waals surface area contributed by atoms with Crippen molar-refractivity contribution in [2.24, 2.45) is 0 Å². The van der Waals surface area contributed by atoms with Crippen LogP contribution in [0.25, 0.3) is 0 Å². The van der Waals surface area contributed by atoms with Crippen LogP contribution in [-0.4, -0.2) is 69.1 Å². The summed E-state index contributed by atoms with van der Waals surface area (Å²) < 4.78 is 0. The van der Waals surface area contributed by atoms with Gasteiger partial charge in [-0.1, -0.05) is 30.3 Å². The van der Waals surface area contributed by atoms with Crippen LogP contribution >= 0.6 is 0 Å². The maximum absolute atomic E-state index is 13.2. The predicted octanol–water partition coefficient (Wildman–Crippen LogP) is 3.41. The van der Waals surface area contributed by atoms with Gasteiger partial charge in [-0.25, -0.2) is 9.97 Å². The Morgan fingerprint density at radius 2 is 1.66 bits per heavy atom. The minimum absolute atomic E-state index is 0.0444. The number of nitrogens with zero attached hydrogens (tertiary/aromatic N) is 4. The number of unbranched alkanes of at least 4 members (excludes halogenated alkanes) is 1. The normalized spacial score (nSPS) is 18.8. The second-order valence-corrected chi connectivity index (χ2v) is 9.28. The Morgan fingerprint density at radius 1 is 0.969 bits per heavy atom. The van der Waals surface area contributed by atoms with E-state index in [2.05, 4.69) is 39.1 Å². The number of piperidine rings is 2. The number of hydrogen-bond acceptors (Lipinski definition) is 5. The van der Waals surface area contributed by atoms with Crippen LogP contribution in [0.3, 0.4) is 0 Å². The van der Waals surface area contributed by atoms with E-state index in [4.69, 9.17) is 0 Å². The molecule has 172 valence electrons. The maximum Gasteiger partial charge on any atom is 0.272 e. The van der Waals surface area contributed by atoms with E-state index < -0.39 is 0 Å². The number of amides is 1. The summed E-state index contributed by atoms with van der Waals surface area (Å²) >= 11 is 0. The van der Waals surface area contributed by atoms with Gasteiger partial charge in [0.05, 0.1) is 6.10 Å². The lowest BCUT2D eigenvalue weighted by Gasteiger charge is -2.41. The summed E-state index contributed by atoms with van der Waals surface area (Å²) in [6, 6.07) is 11.1. The third-order valence-corrected chi connectivity index (χ3v) is 7.13. The number of carbonyl (C=O) groups excluding carboxylic acids is 1. The van der Waals surface area contributed by atoms with Gasteiger partial charge in [0.15, 0.2) is 0 Å². The van der Waals surface area contributed by atoms with Crippen LogP contribution in [-0.2, 0) is 12.8 Å². The number of hydrogen-bond donors (Lipinski definition) is 1. The lowest BCUT2D eigenvalue weighted by Crippen LogP contribution is -2.49. The molecule has 3 heterocycles. The molecule has 1 aromatic carbocycles. The number of carbonyl (C=O) groups is 1. The predicted molar refractivity (Wildman–Crippen MR) is 126 cm³/mol. The minimum atomic E-state index is -0.138. The number of aromatic nitrogens is 2. The van der Waals surface area contributed by atoms with Gasteiger partial charge in [-0.15, -0.1) is 0 Å². The minimum Gasteiger partial charge on any atom is -0.393 e. The van der Waals surface area contributed by atoms with Crippen molar-refractivity contribution in [1.82, 2.24) is 19.8 Å². The van der Waals surface area contributed by atoms with E-state index in [1.54, 1.807) is 6.33 Å². The van der Waals surface area contributed by atoms with E-state index in [-0.39, 0.29) is 12.0 Å². The number of aliphatic hydroxyl groups excluding tert-OH is 1. The molecule has 6 nitrogen and oxygen atoms in total. The molecular weight excluding hydrogens is 400 g/mol. The number of aliphatic hydroxyl groups is 1. The van der Waals surface area contributed by atoms with Gasteiger partial charge in [0.25, 0.3) is 5.91 Å². The Kier molecular flexibility index (Phi) is 7.87. The second kappa shape index (κ2) is 11.0. The van der Waals surface area contributed by atoms with Crippen LogP contribution in [0.1, 0.15) is 65.8 Å². The molecule has 2 saturated heterocycles. The van der Waals surface area contributed by atoms with Crippen molar-refractivity contribution in [3.8, 4) is 0 Å². The second-order valence-electron chi connectivity index (χ2n) is 9.28. The van der Waals surface area contributed by atoms with Gasteiger partial charge in [-0.3, -0.25) is 4.79 Å². The van der Waals surface area contributed by atoms with E-state index >= 15 is 0 Å². The van der Waals surface area contributed by atoms with Crippen molar-refractivity contribution in [3.05, 3.63) is 59.2 Å². The summed E-state index contributed by atoms with van der Waals surface area (Å²) in [5.41, 5.74) is 3.87. The fraction of sp³-hybridized carbons (Fsp3) is 0.577. The molecule has 1 N–H and O–H groups in total. The molecule has 2 aliphatic heterocycles. The van der Waals surface area contributed by atoms with Gasteiger partial charge < -0.3 is 14.9 Å². The van der Waals surface area contributed by atoms with Gasteiger partial charge in [0.2, 0.25) is 0 Å². The molecule has 2 fully saturated rings. The van der Waals surface area contributed by atoms with E-state index in [1.807, 2.05) is 17.9 Å². The third kappa shape index (κ3) is 5.73. The monoisotopic (exact) mass is 436 g/mol. The number of rotatable bonds is 7. The molecule has 4 rings (SSSR count). The summed E-state index contributed by atoms with van der Waals surface area (Å²) in [6.07, 6.45) is 9.26. The molecule has 2 aromatic rings. The van der Waals surface area contributed by atoms with Crippen molar-refractivity contribution < 1.29 is 9.90 Å². The molecular formula is C26H36N4O2. The number of likely N-dealkylation sites (tertiary alicyclic amines) is 2. The van der Waals surface area contributed by atoms with Gasteiger partial charge in [0, 0.05) is 43.5 Å². The molecule has 0 spiro atoms. The molecule has 0 aliphatic carbocycles. The Morgan fingerprint density at radius 3 is 2.38 bits per heavy atom. The Hall–Kier alpha value is -2.31. The van der Waals surface area contributed by atoms with Crippen molar-refractivity contribution in [3.63, 3.8) is 0 Å². The molecule has 6 heteroatoms. The van der Waals surface area contributed by atoms with Crippen LogP contribution in [0, 0.1) is 6.92 Å². The maximum atomic E-state index is 13.2. The van der Waals surface area contributed by atoms with Crippen LogP contribution in [0.2, 0.25) is 0 Å². The zero-order valence-electron chi connectivity index (χ0n) is 19.2. The molecule has 2 aliphatic rings. The first-order valence-electron chi connectivity index (χ1n) is 12.2. The highest BCUT2D eigenvalue weighted by atomic mass is 16.3. The lowest BCUT2D eigenvalue weighted by atomic mass is 9.98. The summed E-state index contributed by atoms with van der Waals surface area (Å²) in [6.45, 7) is 5.49. The molecule has 1 aromatic heterocycles. The van der Waals surface area contributed by atoms with Gasteiger partial charge in [-0.05, 0) is 63.9 Å².